The summed E-state index contributed by atoms with van der Waals surface area (Å²) in [5.74, 6) is 0.621. The minimum atomic E-state index is 0.621. The predicted molar refractivity (Wildman–Crippen MR) is 55.5 cm³/mol. The van der Waals surface area contributed by atoms with Gasteiger partial charge in [-0.05, 0) is 18.6 Å². The molecule has 3 heterocycles. The summed E-state index contributed by atoms with van der Waals surface area (Å²) >= 11 is 0. The Labute approximate surface area is 82.8 Å². The van der Waals surface area contributed by atoms with Crippen LogP contribution in [0.3, 0.4) is 0 Å². The number of nitrogens with one attached hydrogen (secondary N) is 1. The molecule has 2 aromatic heterocycles. The highest BCUT2D eigenvalue weighted by Gasteiger charge is 2.21. The van der Waals surface area contributed by atoms with Gasteiger partial charge in [-0.3, -0.25) is 0 Å². The molecule has 0 amide bonds. The van der Waals surface area contributed by atoms with Crippen LogP contribution < -0.4 is 5.32 Å². The Bertz CT molecular complexity index is 468. The van der Waals surface area contributed by atoms with Crippen LogP contribution in [0.1, 0.15) is 17.2 Å². The molecule has 3 rings (SSSR count). The first-order valence-electron chi connectivity index (χ1n) is 4.99. The minimum absolute atomic E-state index is 0.621. The zero-order valence-electron chi connectivity index (χ0n) is 8.20. The van der Waals surface area contributed by atoms with Gasteiger partial charge in [0.25, 0.3) is 0 Å². The van der Waals surface area contributed by atoms with Crippen LogP contribution in [-0.2, 0) is 0 Å². The number of aryl methyl sites for hydroxylation is 1. The number of hydrogen-bond acceptors (Lipinski definition) is 2. The average molecular weight is 187 g/mol. The summed E-state index contributed by atoms with van der Waals surface area (Å²) in [6.45, 7) is 4.25. The van der Waals surface area contributed by atoms with Gasteiger partial charge < -0.3 is 9.72 Å². The first-order chi connectivity index (χ1) is 6.83. The van der Waals surface area contributed by atoms with E-state index in [9.17, 15) is 0 Å². The standard InChI is InChI=1S/C11H13N3/c1-8-2-3-11-13-10(7-14(11)6-8)9-4-12-5-9/h2-3,6-7,9,12H,4-5H2,1H3. The molecule has 0 spiro atoms. The Hall–Kier alpha value is -1.35. The third-order valence-corrected chi connectivity index (χ3v) is 2.82. The fourth-order valence-electron chi connectivity index (χ4n) is 1.82. The van der Waals surface area contributed by atoms with Crippen LogP contribution in [0, 0.1) is 6.92 Å². The lowest BCUT2D eigenvalue weighted by atomic mass is 10.0. The monoisotopic (exact) mass is 187 g/mol. The SMILES string of the molecule is Cc1ccc2nc(C3CNC3)cn2c1. The molecule has 0 radical (unpaired) electrons. The fourth-order valence-corrected chi connectivity index (χ4v) is 1.82. The van der Waals surface area contributed by atoms with E-state index >= 15 is 0 Å². The number of pyridine rings is 1. The maximum atomic E-state index is 4.60. The topological polar surface area (TPSA) is 29.3 Å². The van der Waals surface area contributed by atoms with Crippen LogP contribution in [-0.4, -0.2) is 22.5 Å². The molecule has 0 aromatic carbocycles. The van der Waals surface area contributed by atoms with Crippen LogP contribution >= 0.6 is 0 Å². The Morgan fingerprint density at radius 2 is 2.21 bits per heavy atom. The summed E-state index contributed by atoms with van der Waals surface area (Å²) in [7, 11) is 0. The Morgan fingerprint density at radius 3 is 2.93 bits per heavy atom. The van der Waals surface area contributed by atoms with Crippen molar-refractivity contribution in [1.82, 2.24) is 14.7 Å². The summed E-state index contributed by atoms with van der Waals surface area (Å²) < 4.78 is 2.11. The molecule has 2 aromatic rings. The van der Waals surface area contributed by atoms with Gasteiger partial charge in [0, 0.05) is 31.4 Å². The van der Waals surface area contributed by atoms with Crippen molar-refractivity contribution >= 4 is 5.65 Å². The van der Waals surface area contributed by atoms with Crippen LogP contribution in [0.2, 0.25) is 0 Å². The lowest BCUT2D eigenvalue weighted by Crippen LogP contribution is -2.40. The van der Waals surface area contributed by atoms with Gasteiger partial charge in [-0.1, -0.05) is 6.07 Å². The Kier molecular flexibility index (Phi) is 1.61. The summed E-state index contributed by atoms with van der Waals surface area (Å²) in [4.78, 5) is 4.60. The van der Waals surface area contributed by atoms with E-state index < -0.39 is 0 Å². The number of imidazole rings is 1. The molecule has 1 fully saturated rings. The average Bonchev–Trinajstić information content (AvgIpc) is 2.43. The number of aromatic nitrogens is 2. The molecule has 3 heteroatoms. The van der Waals surface area contributed by atoms with Crippen molar-refractivity contribution in [3.63, 3.8) is 0 Å². The van der Waals surface area contributed by atoms with E-state index in [1.807, 2.05) is 0 Å². The van der Waals surface area contributed by atoms with E-state index in [2.05, 4.69) is 46.2 Å². The molecule has 3 nitrogen and oxygen atoms in total. The number of hydrogen-bond donors (Lipinski definition) is 1. The molecule has 1 aliphatic heterocycles. The molecular formula is C11H13N3. The van der Waals surface area contributed by atoms with E-state index in [-0.39, 0.29) is 0 Å². The lowest BCUT2D eigenvalue weighted by molar-refractivity contribution is 0.441. The van der Waals surface area contributed by atoms with Crippen LogP contribution in [0.25, 0.3) is 5.65 Å². The summed E-state index contributed by atoms with van der Waals surface area (Å²) in [6, 6.07) is 4.18. The van der Waals surface area contributed by atoms with Gasteiger partial charge in [0.15, 0.2) is 0 Å². The highest BCUT2D eigenvalue weighted by molar-refractivity contribution is 5.42. The number of nitrogens with zero attached hydrogens (tertiary/aromatic N) is 2. The smallest absolute Gasteiger partial charge is 0.137 e. The normalized spacial score (nSPS) is 17.2. The number of fused-ring (bicyclic) bond motifs is 1. The fraction of sp³-hybridized carbons (Fsp3) is 0.364. The van der Waals surface area contributed by atoms with E-state index in [0.717, 1.165) is 18.7 Å². The molecule has 0 saturated carbocycles. The maximum Gasteiger partial charge on any atom is 0.137 e. The molecule has 72 valence electrons. The summed E-state index contributed by atoms with van der Waals surface area (Å²) in [5, 5.41) is 3.27. The van der Waals surface area contributed by atoms with E-state index in [1.165, 1.54) is 11.3 Å². The van der Waals surface area contributed by atoms with E-state index in [0.29, 0.717) is 5.92 Å². The van der Waals surface area contributed by atoms with Gasteiger partial charge in [0.2, 0.25) is 0 Å². The molecule has 1 N–H and O–H groups in total. The second kappa shape index (κ2) is 2.82. The highest BCUT2D eigenvalue weighted by Crippen LogP contribution is 2.19. The third-order valence-electron chi connectivity index (χ3n) is 2.82. The van der Waals surface area contributed by atoms with Crippen molar-refractivity contribution in [3.05, 3.63) is 35.8 Å². The first kappa shape index (κ1) is 8.00. The lowest BCUT2D eigenvalue weighted by Gasteiger charge is -2.24. The van der Waals surface area contributed by atoms with Crippen molar-refractivity contribution < 1.29 is 0 Å². The maximum absolute atomic E-state index is 4.60. The molecule has 0 bridgehead atoms. The van der Waals surface area contributed by atoms with Crippen LogP contribution in [0.15, 0.2) is 24.5 Å². The van der Waals surface area contributed by atoms with Gasteiger partial charge in [0.05, 0.1) is 5.69 Å². The van der Waals surface area contributed by atoms with Gasteiger partial charge in [-0.25, -0.2) is 4.98 Å². The molecule has 0 atom stereocenters. The second-order valence-corrected chi connectivity index (χ2v) is 3.99. The second-order valence-electron chi connectivity index (χ2n) is 3.99. The highest BCUT2D eigenvalue weighted by atomic mass is 15.0. The molecule has 1 aliphatic rings. The van der Waals surface area contributed by atoms with Gasteiger partial charge in [-0.15, -0.1) is 0 Å². The first-order valence-corrected chi connectivity index (χ1v) is 4.99. The predicted octanol–water partition coefficient (Wildman–Crippen LogP) is 1.33. The molecule has 1 saturated heterocycles. The summed E-state index contributed by atoms with van der Waals surface area (Å²) in [5.41, 5.74) is 3.54. The van der Waals surface area contributed by atoms with Crippen molar-refractivity contribution in [2.45, 2.75) is 12.8 Å². The molecule has 0 aliphatic carbocycles. The van der Waals surface area contributed by atoms with Crippen molar-refractivity contribution in [3.8, 4) is 0 Å². The Balaban J connectivity index is 2.10. The third kappa shape index (κ3) is 1.13. The Morgan fingerprint density at radius 1 is 1.36 bits per heavy atom. The zero-order chi connectivity index (χ0) is 9.54. The van der Waals surface area contributed by atoms with Gasteiger partial charge in [-0.2, -0.15) is 0 Å². The van der Waals surface area contributed by atoms with Crippen molar-refractivity contribution in [2.75, 3.05) is 13.1 Å². The van der Waals surface area contributed by atoms with Crippen LogP contribution in [0.5, 0.6) is 0 Å². The van der Waals surface area contributed by atoms with Crippen LogP contribution in [0.4, 0.5) is 0 Å². The van der Waals surface area contributed by atoms with Gasteiger partial charge in [0.1, 0.15) is 5.65 Å². The largest absolute Gasteiger partial charge is 0.315 e. The minimum Gasteiger partial charge on any atom is -0.315 e. The van der Waals surface area contributed by atoms with E-state index in [4.69, 9.17) is 0 Å². The molecular weight excluding hydrogens is 174 g/mol. The van der Waals surface area contributed by atoms with E-state index in [1.54, 1.807) is 0 Å². The van der Waals surface area contributed by atoms with Crippen molar-refractivity contribution in [1.29, 1.82) is 0 Å². The van der Waals surface area contributed by atoms with Gasteiger partial charge >= 0.3 is 0 Å². The number of rotatable bonds is 1. The quantitative estimate of drug-likeness (QED) is 0.729. The van der Waals surface area contributed by atoms with Crippen molar-refractivity contribution in [2.24, 2.45) is 0 Å². The zero-order valence-corrected chi connectivity index (χ0v) is 8.20. The summed E-state index contributed by atoms with van der Waals surface area (Å²) in [6.07, 6.45) is 4.27. The molecule has 14 heavy (non-hydrogen) atoms. The molecule has 0 unspecified atom stereocenters.